The topological polar surface area (TPSA) is 75.6 Å². The molecule has 2 N–H and O–H groups in total. The van der Waals surface area contributed by atoms with Crippen LogP contribution in [-0.2, 0) is 14.3 Å². The van der Waals surface area contributed by atoms with Crippen LogP contribution in [0.4, 0.5) is 0 Å². The van der Waals surface area contributed by atoms with Crippen molar-refractivity contribution in [2.24, 2.45) is 17.8 Å². The zero-order valence-electron chi connectivity index (χ0n) is 10.6. The maximum absolute atomic E-state index is 12.0. The smallest absolute Gasteiger partial charge is 0.307 e. The SMILES string of the molecule is O=C(O)C1CCCC1C(=O)NCC1CCCOC1. The summed E-state index contributed by atoms with van der Waals surface area (Å²) in [4.78, 5) is 23.0. The highest BCUT2D eigenvalue weighted by atomic mass is 16.5. The van der Waals surface area contributed by atoms with Gasteiger partial charge in [0.2, 0.25) is 5.91 Å². The highest BCUT2D eigenvalue weighted by Crippen LogP contribution is 2.32. The van der Waals surface area contributed by atoms with Crippen LogP contribution in [0.25, 0.3) is 0 Å². The van der Waals surface area contributed by atoms with Crippen molar-refractivity contribution in [3.63, 3.8) is 0 Å². The largest absolute Gasteiger partial charge is 0.481 e. The van der Waals surface area contributed by atoms with Crippen LogP contribution in [0.1, 0.15) is 32.1 Å². The van der Waals surface area contributed by atoms with E-state index >= 15 is 0 Å². The molecule has 18 heavy (non-hydrogen) atoms. The fourth-order valence-electron chi connectivity index (χ4n) is 2.91. The second-order valence-corrected chi connectivity index (χ2v) is 5.31. The van der Waals surface area contributed by atoms with Gasteiger partial charge in [0, 0.05) is 13.2 Å². The van der Waals surface area contributed by atoms with E-state index in [2.05, 4.69) is 5.32 Å². The van der Waals surface area contributed by atoms with Gasteiger partial charge in [0.1, 0.15) is 0 Å². The van der Waals surface area contributed by atoms with E-state index in [-0.39, 0.29) is 11.8 Å². The third-order valence-electron chi connectivity index (χ3n) is 3.99. The quantitative estimate of drug-likeness (QED) is 0.786. The van der Waals surface area contributed by atoms with E-state index in [9.17, 15) is 9.59 Å². The molecule has 1 aliphatic carbocycles. The molecule has 1 amide bonds. The first-order valence-electron chi connectivity index (χ1n) is 6.76. The lowest BCUT2D eigenvalue weighted by atomic mass is 9.95. The molecule has 2 rings (SSSR count). The summed E-state index contributed by atoms with van der Waals surface area (Å²) in [6.07, 6.45) is 4.28. The van der Waals surface area contributed by atoms with Crippen LogP contribution >= 0.6 is 0 Å². The number of carbonyl (C=O) groups excluding carboxylic acids is 1. The number of ether oxygens (including phenoxy) is 1. The summed E-state index contributed by atoms with van der Waals surface area (Å²) in [5.41, 5.74) is 0. The Bertz CT molecular complexity index is 312. The van der Waals surface area contributed by atoms with Crippen LogP contribution in [0.3, 0.4) is 0 Å². The molecule has 3 atom stereocenters. The molecule has 0 spiro atoms. The average Bonchev–Trinajstić information content (AvgIpc) is 2.86. The summed E-state index contributed by atoms with van der Waals surface area (Å²) in [6.45, 7) is 2.13. The Morgan fingerprint density at radius 3 is 2.61 bits per heavy atom. The maximum atomic E-state index is 12.0. The predicted octanol–water partition coefficient (Wildman–Crippen LogP) is 1.03. The van der Waals surface area contributed by atoms with Crippen molar-refractivity contribution in [1.29, 1.82) is 0 Å². The summed E-state index contributed by atoms with van der Waals surface area (Å²) >= 11 is 0. The van der Waals surface area contributed by atoms with Crippen LogP contribution in [0, 0.1) is 17.8 Å². The van der Waals surface area contributed by atoms with Gasteiger partial charge in [-0.25, -0.2) is 0 Å². The highest BCUT2D eigenvalue weighted by molar-refractivity contribution is 5.85. The lowest BCUT2D eigenvalue weighted by Crippen LogP contribution is -2.39. The van der Waals surface area contributed by atoms with Crippen molar-refractivity contribution >= 4 is 11.9 Å². The molecule has 0 aromatic heterocycles. The van der Waals surface area contributed by atoms with Gasteiger partial charge in [0.25, 0.3) is 0 Å². The Hall–Kier alpha value is -1.10. The molecule has 2 fully saturated rings. The molecule has 5 heteroatoms. The minimum absolute atomic E-state index is 0.0922. The summed E-state index contributed by atoms with van der Waals surface area (Å²) < 4.78 is 5.35. The van der Waals surface area contributed by atoms with Gasteiger partial charge >= 0.3 is 5.97 Å². The van der Waals surface area contributed by atoms with Gasteiger partial charge < -0.3 is 15.2 Å². The first-order chi connectivity index (χ1) is 8.68. The van der Waals surface area contributed by atoms with Crippen LogP contribution in [-0.4, -0.2) is 36.7 Å². The van der Waals surface area contributed by atoms with E-state index in [0.29, 0.717) is 31.9 Å². The van der Waals surface area contributed by atoms with Crippen LogP contribution in [0.15, 0.2) is 0 Å². The van der Waals surface area contributed by atoms with Crippen molar-refractivity contribution in [3.05, 3.63) is 0 Å². The summed E-state index contributed by atoms with van der Waals surface area (Å²) in [6, 6.07) is 0. The van der Waals surface area contributed by atoms with Crippen molar-refractivity contribution in [3.8, 4) is 0 Å². The second kappa shape index (κ2) is 6.18. The first-order valence-corrected chi connectivity index (χ1v) is 6.76. The number of nitrogens with one attached hydrogen (secondary N) is 1. The van der Waals surface area contributed by atoms with E-state index in [0.717, 1.165) is 25.9 Å². The maximum Gasteiger partial charge on any atom is 0.307 e. The molecule has 5 nitrogen and oxygen atoms in total. The molecule has 1 saturated carbocycles. The van der Waals surface area contributed by atoms with Crippen LogP contribution in [0.5, 0.6) is 0 Å². The van der Waals surface area contributed by atoms with E-state index in [1.807, 2.05) is 0 Å². The minimum atomic E-state index is -0.839. The van der Waals surface area contributed by atoms with E-state index in [1.165, 1.54) is 0 Å². The Balaban J connectivity index is 1.78. The molecular weight excluding hydrogens is 234 g/mol. The van der Waals surface area contributed by atoms with Crippen molar-refractivity contribution in [2.75, 3.05) is 19.8 Å². The number of hydrogen-bond donors (Lipinski definition) is 2. The number of amides is 1. The fraction of sp³-hybridized carbons (Fsp3) is 0.846. The first kappa shape index (κ1) is 13.3. The molecule has 2 aliphatic rings. The molecular formula is C13H21NO4. The number of aliphatic carboxylic acids is 1. The fourth-order valence-corrected chi connectivity index (χ4v) is 2.91. The normalized spacial score (nSPS) is 32.1. The molecule has 3 unspecified atom stereocenters. The van der Waals surface area contributed by atoms with Gasteiger partial charge in [0.05, 0.1) is 18.4 Å². The number of carboxylic acid groups (broad SMARTS) is 1. The summed E-state index contributed by atoms with van der Waals surface area (Å²) in [5, 5.41) is 11.9. The summed E-state index contributed by atoms with van der Waals surface area (Å²) in [5.74, 6) is -1.38. The van der Waals surface area contributed by atoms with Crippen molar-refractivity contribution in [1.82, 2.24) is 5.32 Å². The number of carboxylic acids is 1. The Kier molecular flexibility index (Phi) is 4.58. The standard InChI is InChI=1S/C13H21NO4/c15-12(10-4-1-5-11(10)13(16)17)14-7-9-3-2-6-18-8-9/h9-11H,1-8H2,(H,14,15)(H,16,17). The molecule has 0 radical (unpaired) electrons. The zero-order valence-corrected chi connectivity index (χ0v) is 10.6. The highest BCUT2D eigenvalue weighted by Gasteiger charge is 2.37. The zero-order chi connectivity index (χ0) is 13.0. The average molecular weight is 255 g/mol. The van der Waals surface area contributed by atoms with Crippen LogP contribution in [0.2, 0.25) is 0 Å². The molecule has 0 aromatic carbocycles. The van der Waals surface area contributed by atoms with E-state index in [1.54, 1.807) is 0 Å². The van der Waals surface area contributed by atoms with Crippen molar-refractivity contribution in [2.45, 2.75) is 32.1 Å². The third kappa shape index (κ3) is 3.22. The van der Waals surface area contributed by atoms with Crippen LogP contribution < -0.4 is 5.32 Å². The van der Waals surface area contributed by atoms with Gasteiger partial charge in [-0.15, -0.1) is 0 Å². The molecule has 0 bridgehead atoms. The van der Waals surface area contributed by atoms with E-state index in [4.69, 9.17) is 9.84 Å². The Labute approximate surface area is 107 Å². The molecule has 1 aliphatic heterocycles. The minimum Gasteiger partial charge on any atom is -0.481 e. The predicted molar refractivity (Wildman–Crippen MR) is 65.0 cm³/mol. The second-order valence-electron chi connectivity index (χ2n) is 5.31. The van der Waals surface area contributed by atoms with Gasteiger partial charge in [-0.2, -0.15) is 0 Å². The van der Waals surface area contributed by atoms with Gasteiger partial charge in [0.15, 0.2) is 0 Å². The van der Waals surface area contributed by atoms with Gasteiger partial charge in [-0.05, 0) is 31.6 Å². The number of rotatable bonds is 4. The Morgan fingerprint density at radius 1 is 1.17 bits per heavy atom. The molecule has 1 saturated heterocycles. The van der Waals surface area contributed by atoms with E-state index < -0.39 is 11.9 Å². The molecule has 102 valence electrons. The molecule has 1 heterocycles. The number of carbonyl (C=O) groups is 2. The monoisotopic (exact) mass is 255 g/mol. The lowest BCUT2D eigenvalue weighted by Gasteiger charge is -2.23. The molecule has 0 aromatic rings. The van der Waals surface area contributed by atoms with Gasteiger partial charge in [-0.3, -0.25) is 9.59 Å². The van der Waals surface area contributed by atoms with Gasteiger partial charge in [-0.1, -0.05) is 6.42 Å². The number of hydrogen-bond acceptors (Lipinski definition) is 3. The lowest BCUT2D eigenvalue weighted by molar-refractivity contribution is -0.146. The Morgan fingerprint density at radius 2 is 1.94 bits per heavy atom. The summed E-state index contributed by atoms with van der Waals surface area (Å²) in [7, 11) is 0. The van der Waals surface area contributed by atoms with Crippen molar-refractivity contribution < 1.29 is 19.4 Å². The third-order valence-corrected chi connectivity index (χ3v) is 3.99.